The van der Waals surface area contributed by atoms with E-state index in [-0.39, 0.29) is 37.0 Å². The monoisotopic (exact) mass is 700 g/mol. The average molecular weight is 701 g/mol. The fourth-order valence-corrected chi connectivity index (χ4v) is 5.42. The first-order valence-electron chi connectivity index (χ1n) is 18.2. The summed E-state index contributed by atoms with van der Waals surface area (Å²) in [5.41, 5.74) is -0.210. The third-order valence-corrected chi connectivity index (χ3v) is 7.81. The molecule has 0 aliphatic rings. The Labute approximate surface area is 298 Å². The van der Waals surface area contributed by atoms with Gasteiger partial charge in [-0.25, -0.2) is 4.79 Å². The normalized spacial score (nSPS) is 11.6. The SMILES string of the molecule is CC(C)(C)OC(=O)CCCCCCCCCCCCCCC(=O)N(CCC(=O)OC(C)(C)C)Cc1cccc(C(=O)On2c(O)ccc2O)c1. The number of amides is 1. The predicted molar refractivity (Wildman–Crippen MR) is 191 cm³/mol. The van der Waals surface area contributed by atoms with E-state index in [9.17, 15) is 29.4 Å². The van der Waals surface area contributed by atoms with Crippen LogP contribution in [0, 0.1) is 0 Å². The van der Waals surface area contributed by atoms with E-state index in [1.807, 2.05) is 20.8 Å². The Balaban J connectivity index is 1.74. The van der Waals surface area contributed by atoms with Gasteiger partial charge in [0.15, 0.2) is 0 Å². The minimum Gasteiger partial charge on any atom is -0.492 e. The lowest BCUT2D eigenvalue weighted by atomic mass is 10.0. The first-order chi connectivity index (χ1) is 23.5. The second-order valence-electron chi connectivity index (χ2n) is 14.9. The molecule has 11 heteroatoms. The van der Waals surface area contributed by atoms with Crippen molar-refractivity contribution in [1.82, 2.24) is 9.63 Å². The van der Waals surface area contributed by atoms with Gasteiger partial charge in [-0.1, -0.05) is 76.3 Å². The van der Waals surface area contributed by atoms with Gasteiger partial charge in [0, 0.05) is 38.1 Å². The van der Waals surface area contributed by atoms with Crippen LogP contribution in [0.5, 0.6) is 11.8 Å². The Kier molecular flexibility index (Phi) is 17.9. The molecule has 0 spiro atoms. The minimum atomic E-state index is -0.799. The molecule has 11 nitrogen and oxygen atoms in total. The number of benzene rings is 1. The van der Waals surface area contributed by atoms with Gasteiger partial charge in [-0.2, -0.15) is 0 Å². The van der Waals surface area contributed by atoms with Crippen LogP contribution in [0.4, 0.5) is 0 Å². The molecule has 1 amide bonds. The Morgan fingerprint density at radius 2 is 1.10 bits per heavy atom. The third-order valence-electron chi connectivity index (χ3n) is 7.81. The number of hydrogen-bond acceptors (Lipinski definition) is 9. The molecule has 0 unspecified atom stereocenters. The fraction of sp³-hybridized carbons (Fsp3) is 0.641. The maximum atomic E-state index is 13.3. The van der Waals surface area contributed by atoms with Crippen LogP contribution < -0.4 is 4.84 Å². The molecule has 2 N–H and O–H groups in total. The standard InChI is InChI=1S/C39H60N2O9/c1-38(2,3)48-35(45)23-18-16-14-12-10-8-7-9-11-13-15-17-22-32(42)40(27-26-36(46)49-39(4,5)6)29-30-20-19-21-31(28-30)37(47)50-41-33(43)24-25-34(41)44/h19-21,24-25,28,43-44H,7-18,22-23,26-27,29H2,1-6H3. The highest BCUT2D eigenvalue weighted by Gasteiger charge is 2.21. The molecule has 50 heavy (non-hydrogen) atoms. The van der Waals surface area contributed by atoms with Gasteiger partial charge in [-0.3, -0.25) is 14.4 Å². The van der Waals surface area contributed by atoms with E-state index >= 15 is 0 Å². The Hall–Kier alpha value is -4.02. The van der Waals surface area contributed by atoms with Gasteiger partial charge in [0.05, 0.1) is 12.0 Å². The maximum absolute atomic E-state index is 13.3. The van der Waals surface area contributed by atoms with Crippen LogP contribution in [0.1, 0.15) is 154 Å². The van der Waals surface area contributed by atoms with Crippen LogP contribution in [-0.2, 0) is 30.4 Å². The molecule has 0 aliphatic carbocycles. The summed E-state index contributed by atoms with van der Waals surface area (Å²) in [5, 5.41) is 19.6. The number of ether oxygens (including phenoxy) is 2. The Morgan fingerprint density at radius 1 is 0.640 bits per heavy atom. The van der Waals surface area contributed by atoms with Crippen molar-refractivity contribution >= 4 is 23.8 Å². The summed E-state index contributed by atoms with van der Waals surface area (Å²) in [6, 6.07) is 8.94. The van der Waals surface area contributed by atoms with Gasteiger partial charge in [-0.05, 0) is 72.1 Å². The van der Waals surface area contributed by atoms with Crippen LogP contribution in [-0.4, -0.2) is 61.4 Å². The summed E-state index contributed by atoms with van der Waals surface area (Å²) in [4.78, 5) is 57.0. The number of aromatic hydroxyl groups is 2. The number of unbranched alkanes of at least 4 members (excludes halogenated alkanes) is 11. The second kappa shape index (κ2) is 21.3. The number of rotatable bonds is 22. The fourth-order valence-electron chi connectivity index (χ4n) is 5.42. The van der Waals surface area contributed by atoms with Gasteiger partial charge in [0.1, 0.15) is 11.2 Å². The van der Waals surface area contributed by atoms with E-state index in [0.717, 1.165) is 44.9 Å². The number of carbonyl (C=O) groups is 4. The largest absolute Gasteiger partial charge is 0.492 e. The van der Waals surface area contributed by atoms with Crippen molar-refractivity contribution in [2.45, 2.75) is 156 Å². The van der Waals surface area contributed by atoms with E-state index in [4.69, 9.17) is 14.3 Å². The van der Waals surface area contributed by atoms with E-state index < -0.39 is 34.9 Å². The molecule has 0 fully saturated rings. The number of esters is 2. The summed E-state index contributed by atoms with van der Waals surface area (Å²) < 4.78 is 11.4. The van der Waals surface area contributed by atoms with Crippen LogP contribution in [0.25, 0.3) is 0 Å². The summed E-state index contributed by atoms with van der Waals surface area (Å²) in [7, 11) is 0. The molecule has 0 radical (unpaired) electrons. The Morgan fingerprint density at radius 3 is 1.60 bits per heavy atom. The molecule has 0 bridgehead atoms. The highest BCUT2D eigenvalue weighted by atomic mass is 16.7. The van der Waals surface area contributed by atoms with Crippen LogP contribution in [0.15, 0.2) is 36.4 Å². The van der Waals surface area contributed by atoms with Crippen molar-refractivity contribution in [2.75, 3.05) is 6.54 Å². The molecule has 0 saturated heterocycles. The van der Waals surface area contributed by atoms with Crippen molar-refractivity contribution in [3.05, 3.63) is 47.5 Å². The molecular weight excluding hydrogens is 640 g/mol. The summed E-state index contributed by atoms with van der Waals surface area (Å²) >= 11 is 0. The average Bonchev–Trinajstić information content (AvgIpc) is 3.33. The highest BCUT2D eigenvalue weighted by Crippen LogP contribution is 2.20. The lowest BCUT2D eigenvalue weighted by Gasteiger charge is -2.24. The first-order valence-corrected chi connectivity index (χ1v) is 18.2. The van der Waals surface area contributed by atoms with Gasteiger partial charge >= 0.3 is 17.9 Å². The molecule has 1 aromatic carbocycles. The number of hydrogen-bond donors (Lipinski definition) is 2. The lowest BCUT2D eigenvalue weighted by Crippen LogP contribution is -2.34. The van der Waals surface area contributed by atoms with E-state index in [2.05, 4.69) is 0 Å². The van der Waals surface area contributed by atoms with E-state index in [1.54, 1.807) is 43.9 Å². The van der Waals surface area contributed by atoms with E-state index in [0.29, 0.717) is 23.1 Å². The van der Waals surface area contributed by atoms with Gasteiger partial charge in [-0.15, -0.1) is 4.73 Å². The quantitative estimate of drug-likeness (QED) is 0.0921. The Bertz CT molecular complexity index is 1330. The highest BCUT2D eigenvalue weighted by molar-refractivity contribution is 5.90. The van der Waals surface area contributed by atoms with Crippen molar-refractivity contribution in [1.29, 1.82) is 0 Å². The van der Waals surface area contributed by atoms with Crippen molar-refractivity contribution in [3.63, 3.8) is 0 Å². The smallest absolute Gasteiger partial charge is 0.363 e. The van der Waals surface area contributed by atoms with Crippen LogP contribution in [0.2, 0.25) is 0 Å². The van der Waals surface area contributed by atoms with Crippen LogP contribution in [0.3, 0.4) is 0 Å². The summed E-state index contributed by atoms with van der Waals surface area (Å²) in [5.74, 6) is -2.23. The predicted octanol–water partition coefficient (Wildman–Crippen LogP) is 8.03. The zero-order chi connectivity index (χ0) is 37.2. The molecule has 2 aromatic rings. The molecule has 0 aliphatic heterocycles. The second-order valence-corrected chi connectivity index (χ2v) is 14.9. The summed E-state index contributed by atoms with van der Waals surface area (Å²) in [6.45, 7) is 11.4. The molecule has 2 rings (SSSR count). The molecule has 0 atom stereocenters. The molecule has 1 heterocycles. The van der Waals surface area contributed by atoms with Crippen molar-refractivity contribution in [2.24, 2.45) is 0 Å². The molecular formula is C39H60N2O9. The molecule has 0 saturated carbocycles. The summed E-state index contributed by atoms with van der Waals surface area (Å²) in [6.07, 6.45) is 13.9. The topological polar surface area (TPSA) is 145 Å². The van der Waals surface area contributed by atoms with Crippen molar-refractivity contribution < 1.29 is 43.7 Å². The number of aromatic nitrogens is 1. The van der Waals surface area contributed by atoms with Crippen LogP contribution >= 0.6 is 0 Å². The maximum Gasteiger partial charge on any atom is 0.363 e. The van der Waals surface area contributed by atoms with Crippen molar-refractivity contribution in [3.8, 4) is 11.8 Å². The van der Waals surface area contributed by atoms with Gasteiger partial charge in [0.25, 0.3) is 0 Å². The number of carbonyl (C=O) groups excluding carboxylic acids is 4. The van der Waals surface area contributed by atoms with E-state index in [1.165, 1.54) is 50.3 Å². The van der Waals surface area contributed by atoms with Gasteiger partial charge < -0.3 is 29.4 Å². The zero-order valence-corrected chi connectivity index (χ0v) is 31.1. The molecule has 280 valence electrons. The molecule has 1 aromatic heterocycles. The zero-order valence-electron chi connectivity index (χ0n) is 31.1. The number of nitrogens with zero attached hydrogens (tertiary/aromatic N) is 2. The minimum absolute atomic E-state index is 0.0447. The van der Waals surface area contributed by atoms with Gasteiger partial charge in [0.2, 0.25) is 17.7 Å². The lowest BCUT2D eigenvalue weighted by molar-refractivity contribution is -0.156. The first kappa shape index (κ1) is 42.1. The third kappa shape index (κ3) is 18.1.